The Hall–Kier alpha value is -0.530. The summed E-state index contributed by atoms with van der Waals surface area (Å²) in [5.74, 6) is 0. The molecule has 0 amide bonds. The molecule has 2 N–H and O–H groups in total. The molecule has 1 nitrogen and oxygen atoms in total. The van der Waals surface area contributed by atoms with Crippen LogP contribution in [0.1, 0.15) is 12.5 Å². The zero-order valence-electron chi connectivity index (χ0n) is 6.55. The van der Waals surface area contributed by atoms with E-state index in [0.29, 0.717) is 0 Å². The average Bonchev–Trinajstić information content (AvgIpc) is 1.93. The molecule has 0 bridgehead atoms. The van der Waals surface area contributed by atoms with Gasteiger partial charge >= 0.3 is 0 Å². The Morgan fingerprint density at radius 1 is 1.36 bits per heavy atom. The normalized spacial score (nSPS) is 13.0. The molecule has 1 aromatic carbocycles. The Balaban J connectivity index is 2.66. The van der Waals surface area contributed by atoms with Crippen molar-refractivity contribution in [1.82, 2.24) is 0 Å². The zero-order chi connectivity index (χ0) is 8.27. The molecule has 0 spiro atoms. The van der Waals surface area contributed by atoms with Crippen LogP contribution in [0, 0.1) is 0 Å². The van der Waals surface area contributed by atoms with Crippen LogP contribution in [0.4, 0.5) is 0 Å². The van der Waals surface area contributed by atoms with Gasteiger partial charge in [-0.1, -0.05) is 23.7 Å². The molecule has 0 fully saturated rings. The van der Waals surface area contributed by atoms with Crippen molar-refractivity contribution < 1.29 is 0 Å². The van der Waals surface area contributed by atoms with Gasteiger partial charge in [0.05, 0.1) is 0 Å². The van der Waals surface area contributed by atoms with E-state index >= 15 is 0 Å². The number of benzene rings is 1. The lowest BCUT2D eigenvalue weighted by Crippen LogP contribution is -2.17. The van der Waals surface area contributed by atoms with E-state index in [9.17, 15) is 0 Å². The second kappa shape index (κ2) is 3.74. The second-order valence-electron chi connectivity index (χ2n) is 2.81. The highest BCUT2D eigenvalue weighted by atomic mass is 35.5. The Morgan fingerprint density at radius 2 is 1.91 bits per heavy atom. The first-order valence-electron chi connectivity index (χ1n) is 3.68. The first-order valence-corrected chi connectivity index (χ1v) is 4.06. The molecule has 1 aromatic rings. The van der Waals surface area contributed by atoms with Gasteiger partial charge < -0.3 is 5.73 Å². The predicted octanol–water partition coefficient (Wildman–Crippen LogP) is 2.23. The summed E-state index contributed by atoms with van der Waals surface area (Å²) in [7, 11) is 0. The van der Waals surface area contributed by atoms with Gasteiger partial charge in [0.15, 0.2) is 0 Å². The molecule has 1 rings (SSSR count). The Kier molecular flexibility index (Phi) is 2.92. The second-order valence-corrected chi connectivity index (χ2v) is 3.24. The van der Waals surface area contributed by atoms with Crippen LogP contribution in [0.5, 0.6) is 0 Å². The van der Waals surface area contributed by atoms with Crippen LogP contribution < -0.4 is 5.73 Å². The summed E-state index contributed by atoms with van der Waals surface area (Å²) in [6.07, 6.45) is 0.914. The standard InChI is InChI=1S/C9H12ClN/c1-7(11)6-8-2-4-9(10)5-3-8/h2-5,7H,6,11H2,1H3/t7-/m0/s1. The van der Waals surface area contributed by atoms with E-state index in [-0.39, 0.29) is 6.04 Å². The first-order chi connectivity index (χ1) is 5.18. The highest BCUT2D eigenvalue weighted by molar-refractivity contribution is 6.30. The third kappa shape index (κ3) is 2.91. The quantitative estimate of drug-likeness (QED) is 0.722. The van der Waals surface area contributed by atoms with Gasteiger partial charge in [-0.05, 0) is 31.0 Å². The number of nitrogens with two attached hydrogens (primary N) is 1. The molecule has 0 saturated carbocycles. The number of hydrogen-bond acceptors (Lipinski definition) is 1. The van der Waals surface area contributed by atoms with E-state index in [0.717, 1.165) is 11.4 Å². The minimum Gasteiger partial charge on any atom is -0.328 e. The van der Waals surface area contributed by atoms with Crippen molar-refractivity contribution in [2.75, 3.05) is 0 Å². The zero-order valence-corrected chi connectivity index (χ0v) is 7.31. The van der Waals surface area contributed by atoms with Crippen LogP contribution in [0.3, 0.4) is 0 Å². The topological polar surface area (TPSA) is 26.0 Å². The van der Waals surface area contributed by atoms with Gasteiger partial charge in [0, 0.05) is 11.1 Å². The van der Waals surface area contributed by atoms with Crippen molar-refractivity contribution in [2.45, 2.75) is 19.4 Å². The van der Waals surface area contributed by atoms with Gasteiger partial charge in [-0.25, -0.2) is 0 Å². The Morgan fingerprint density at radius 3 is 2.36 bits per heavy atom. The monoisotopic (exact) mass is 169 g/mol. The maximum Gasteiger partial charge on any atom is 0.0406 e. The summed E-state index contributed by atoms with van der Waals surface area (Å²) < 4.78 is 0. The Labute approximate surface area is 72.2 Å². The molecule has 0 unspecified atom stereocenters. The highest BCUT2D eigenvalue weighted by Gasteiger charge is 1.96. The van der Waals surface area contributed by atoms with Crippen molar-refractivity contribution in [2.24, 2.45) is 5.73 Å². The van der Waals surface area contributed by atoms with Crippen molar-refractivity contribution in [1.29, 1.82) is 0 Å². The van der Waals surface area contributed by atoms with Crippen LogP contribution in [0.25, 0.3) is 0 Å². The third-order valence-corrected chi connectivity index (χ3v) is 1.72. The van der Waals surface area contributed by atoms with Crippen LogP contribution in [-0.2, 0) is 6.42 Å². The van der Waals surface area contributed by atoms with Gasteiger partial charge in [-0.2, -0.15) is 0 Å². The van der Waals surface area contributed by atoms with E-state index < -0.39 is 0 Å². The third-order valence-electron chi connectivity index (χ3n) is 1.47. The summed E-state index contributed by atoms with van der Waals surface area (Å²) in [6.45, 7) is 1.99. The maximum absolute atomic E-state index is 5.72. The molecule has 0 saturated heterocycles. The van der Waals surface area contributed by atoms with Crippen molar-refractivity contribution >= 4 is 11.6 Å². The minimum absolute atomic E-state index is 0.219. The van der Waals surface area contributed by atoms with E-state index in [1.807, 2.05) is 31.2 Å². The van der Waals surface area contributed by atoms with E-state index in [1.54, 1.807) is 0 Å². The van der Waals surface area contributed by atoms with E-state index in [4.69, 9.17) is 17.3 Å². The molecule has 60 valence electrons. The molecule has 0 aliphatic carbocycles. The molecule has 0 radical (unpaired) electrons. The number of halogens is 1. The van der Waals surface area contributed by atoms with Gasteiger partial charge in [0.1, 0.15) is 0 Å². The molecule has 1 atom stereocenters. The lowest BCUT2D eigenvalue weighted by molar-refractivity contribution is 0.738. The maximum atomic E-state index is 5.72. The summed E-state index contributed by atoms with van der Waals surface area (Å²) in [5, 5.41) is 0.776. The molecule has 0 aromatic heterocycles. The summed E-state index contributed by atoms with van der Waals surface area (Å²) >= 11 is 5.72. The fourth-order valence-corrected chi connectivity index (χ4v) is 1.12. The average molecular weight is 170 g/mol. The van der Waals surface area contributed by atoms with Crippen LogP contribution in [0.2, 0.25) is 5.02 Å². The lowest BCUT2D eigenvalue weighted by Gasteiger charge is -2.03. The van der Waals surface area contributed by atoms with Crippen LogP contribution in [0.15, 0.2) is 24.3 Å². The number of hydrogen-bond donors (Lipinski definition) is 1. The first kappa shape index (κ1) is 8.57. The summed E-state index contributed by atoms with van der Waals surface area (Å²) in [5.41, 5.74) is 6.87. The Bertz CT molecular complexity index is 216. The van der Waals surface area contributed by atoms with Crippen LogP contribution >= 0.6 is 11.6 Å². The fraction of sp³-hybridized carbons (Fsp3) is 0.333. The summed E-state index contributed by atoms with van der Waals surface area (Å²) in [4.78, 5) is 0. The van der Waals surface area contributed by atoms with Gasteiger partial charge in [0.25, 0.3) is 0 Å². The molecule has 0 aliphatic heterocycles. The predicted molar refractivity (Wildman–Crippen MR) is 48.8 cm³/mol. The van der Waals surface area contributed by atoms with Gasteiger partial charge in [0.2, 0.25) is 0 Å². The SMILES string of the molecule is C[C@H](N)Cc1ccc(Cl)cc1. The van der Waals surface area contributed by atoms with E-state index in [1.165, 1.54) is 5.56 Å². The molecular weight excluding hydrogens is 158 g/mol. The molecule has 2 heteroatoms. The summed E-state index contributed by atoms with van der Waals surface area (Å²) in [6, 6.07) is 8.01. The molecule has 11 heavy (non-hydrogen) atoms. The number of rotatable bonds is 2. The minimum atomic E-state index is 0.219. The van der Waals surface area contributed by atoms with Gasteiger partial charge in [-0.15, -0.1) is 0 Å². The lowest BCUT2D eigenvalue weighted by atomic mass is 10.1. The molecular formula is C9H12ClN. The fourth-order valence-electron chi connectivity index (χ4n) is 0.992. The van der Waals surface area contributed by atoms with Gasteiger partial charge in [-0.3, -0.25) is 0 Å². The van der Waals surface area contributed by atoms with Crippen LogP contribution in [-0.4, -0.2) is 6.04 Å². The van der Waals surface area contributed by atoms with Crippen molar-refractivity contribution in [3.63, 3.8) is 0 Å². The van der Waals surface area contributed by atoms with Crippen molar-refractivity contribution in [3.05, 3.63) is 34.9 Å². The highest BCUT2D eigenvalue weighted by Crippen LogP contribution is 2.10. The molecule has 0 aliphatic rings. The smallest absolute Gasteiger partial charge is 0.0406 e. The molecule has 0 heterocycles. The largest absolute Gasteiger partial charge is 0.328 e. The van der Waals surface area contributed by atoms with E-state index in [2.05, 4.69) is 0 Å². The van der Waals surface area contributed by atoms with Crippen molar-refractivity contribution in [3.8, 4) is 0 Å².